The highest BCUT2D eigenvalue weighted by Crippen LogP contribution is 2.55. The second-order valence-corrected chi connectivity index (χ2v) is 18.0. The summed E-state index contributed by atoms with van der Waals surface area (Å²) in [6.07, 6.45) is 0. The van der Waals surface area contributed by atoms with Gasteiger partial charge < -0.3 is 9.32 Å². The maximum Gasteiger partial charge on any atom is 0.136 e. The molecule has 0 unspecified atom stereocenters. The highest BCUT2D eigenvalue weighted by atomic mass is 16.3. The van der Waals surface area contributed by atoms with Crippen LogP contribution in [0.1, 0.15) is 49.9 Å². The van der Waals surface area contributed by atoms with Crippen molar-refractivity contribution in [3.05, 3.63) is 222 Å². The van der Waals surface area contributed by atoms with E-state index in [0.29, 0.717) is 0 Å². The van der Waals surface area contributed by atoms with Crippen LogP contribution in [0.4, 0.5) is 17.1 Å². The molecule has 9 aromatic carbocycles. The molecule has 0 atom stereocenters. The van der Waals surface area contributed by atoms with Gasteiger partial charge in [0.05, 0.1) is 11.4 Å². The smallest absolute Gasteiger partial charge is 0.136 e. The van der Waals surface area contributed by atoms with Crippen LogP contribution in [0.5, 0.6) is 0 Å². The van der Waals surface area contributed by atoms with Crippen molar-refractivity contribution in [3.8, 4) is 55.6 Å². The third-order valence-corrected chi connectivity index (χ3v) is 13.9. The summed E-state index contributed by atoms with van der Waals surface area (Å²) in [6, 6.07) is 73.6. The second kappa shape index (κ2) is 13.5. The van der Waals surface area contributed by atoms with Gasteiger partial charge >= 0.3 is 0 Å². The Morgan fingerprint density at radius 2 is 0.871 bits per heavy atom. The standard InChI is InChI=1S/C60H45NO/c1-59(2)50-28-11-6-23-47(50)57-45(25-16-29-51(57)59)43-21-7-12-30-53(43)61(54-31-13-8-22-44(54)46-26-17-33-56-58(46)48-24-9-14-32-55(48)62-56)40-19-15-18-38(36-40)39-34-35-42-41-20-5-10-27-49(41)60(3,4)52(42)37-39/h5-37H,1-4H3. The molecule has 2 aliphatic carbocycles. The average Bonchev–Trinajstić information content (AvgIpc) is 3.89. The lowest BCUT2D eigenvalue weighted by atomic mass is 9.81. The Labute approximate surface area is 363 Å². The normalized spacial score (nSPS) is 14.1. The molecule has 12 rings (SSSR count). The minimum atomic E-state index is -0.116. The Morgan fingerprint density at radius 1 is 0.355 bits per heavy atom. The van der Waals surface area contributed by atoms with E-state index in [0.717, 1.165) is 50.1 Å². The lowest BCUT2D eigenvalue weighted by molar-refractivity contribution is 0.660. The van der Waals surface area contributed by atoms with Crippen molar-refractivity contribution in [3.63, 3.8) is 0 Å². The Balaban J connectivity index is 1.10. The third-order valence-electron chi connectivity index (χ3n) is 13.9. The van der Waals surface area contributed by atoms with E-state index in [4.69, 9.17) is 4.42 Å². The molecule has 62 heavy (non-hydrogen) atoms. The van der Waals surface area contributed by atoms with Crippen LogP contribution in [0, 0.1) is 0 Å². The summed E-state index contributed by atoms with van der Waals surface area (Å²) in [4.78, 5) is 2.49. The molecular weight excluding hydrogens is 751 g/mol. The number of benzene rings is 9. The topological polar surface area (TPSA) is 16.4 Å². The number of hydrogen-bond acceptors (Lipinski definition) is 2. The van der Waals surface area contributed by atoms with Gasteiger partial charge in [-0.15, -0.1) is 0 Å². The summed E-state index contributed by atoms with van der Waals surface area (Å²) in [5.41, 5.74) is 22.7. The van der Waals surface area contributed by atoms with Crippen LogP contribution in [0.25, 0.3) is 77.6 Å². The van der Waals surface area contributed by atoms with Gasteiger partial charge in [-0.1, -0.05) is 185 Å². The molecule has 0 radical (unpaired) electrons. The van der Waals surface area contributed by atoms with E-state index in [1.54, 1.807) is 0 Å². The second-order valence-electron chi connectivity index (χ2n) is 18.0. The average molecular weight is 796 g/mol. The van der Waals surface area contributed by atoms with Crippen molar-refractivity contribution in [2.75, 3.05) is 4.90 Å². The molecule has 1 aromatic heterocycles. The maximum absolute atomic E-state index is 6.47. The number of furan rings is 1. The van der Waals surface area contributed by atoms with Crippen LogP contribution in [0.3, 0.4) is 0 Å². The van der Waals surface area contributed by atoms with Crippen molar-refractivity contribution in [2.24, 2.45) is 0 Å². The molecule has 2 nitrogen and oxygen atoms in total. The van der Waals surface area contributed by atoms with Crippen LogP contribution in [-0.4, -0.2) is 0 Å². The predicted molar refractivity (Wildman–Crippen MR) is 260 cm³/mol. The minimum Gasteiger partial charge on any atom is -0.456 e. The molecule has 0 aliphatic heterocycles. The summed E-state index contributed by atoms with van der Waals surface area (Å²) < 4.78 is 6.47. The molecule has 1 heterocycles. The molecule has 0 bridgehead atoms. The van der Waals surface area contributed by atoms with Gasteiger partial charge in [0.2, 0.25) is 0 Å². The monoisotopic (exact) mass is 795 g/mol. The van der Waals surface area contributed by atoms with E-state index in [1.165, 1.54) is 66.8 Å². The van der Waals surface area contributed by atoms with E-state index in [1.807, 2.05) is 6.07 Å². The molecule has 0 amide bonds. The Bertz CT molecular complexity index is 3430. The van der Waals surface area contributed by atoms with Crippen LogP contribution >= 0.6 is 0 Å². The van der Waals surface area contributed by atoms with Crippen molar-refractivity contribution in [2.45, 2.75) is 38.5 Å². The number of hydrogen-bond donors (Lipinski definition) is 0. The predicted octanol–water partition coefficient (Wildman–Crippen LogP) is 16.7. The largest absolute Gasteiger partial charge is 0.456 e. The summed E-state index contributed by atoms with van der Waals surface area (Å²) in [5.74, 6) is 0. The van der Waals surface area contributed by atoms with E-state index in [9.17, 15) is 0 Å². The van der Waals surface area contributed by atoms with Crippen molar-refractivity contribution in [1.29, 1.82) is 0 Å². The molecule has 10 aromatic rings. The Kier molecular flexibility index (Phi) is 7.96. The van der Waals surface area contributed by atoms with Gasteiger partial charge in [0.25, 0.3) is 0 Å². The van der Waals surface area contributed by atoms with Crippen LogP contribution < -0.4 is 4.90 Å². The lowest BCUT2D eigenvalue weighted by Crippen LogP contribution is -2.15. The Morgan fingerprint density at radius 3 is 1.66 bits per heavy atom. The number of fused-ring (bicyclic) bond motifs is 9. The Hall–Kier alpha value is -7.42. The summed E-state index contributed by atoms with van der Waals surface area (Å²) in [5, 5.41) is 2.24. The first-order chi connectivity index (χ1) is 30.3. The molecular formula is C60H45NO. The van der Waals surface area contributed by atoms with E-state index >= 15 is 0 Å². The SMILES string of the molecule is CC1(C)c2ccccc2-c2ccc(-c3cccc(N(c4ccccc4-c4cccc5c4-c4ccccc4C5(C)C)c4ccccc4-c4cccc5oc6ccccc6c45)c3)cc21. The molecule has 0 N–H and O–H groups in total. The molecule has 0 spiro atoms. The maximum atomic E-state index is 6.47. The van der Waals surface area contributed by atoms with Gasteiger partial charge in [-0.25, -0.2) is 0 Å². The lowest BCUT2D eigenvalue weighted by Gasteiger charge is -2.31. The number of para-hydroxylation sites is 3. The zero-order chi connectivity index (χ0) is 41.7. The van der Waals surface area contributed by atoms with Crippen molar-refractivity contribution in [1.82, 2.24) is 0 Å². The van der Waals surface area contributed by atoms with Crippen molar-refractivity contribution < 1.29 is 4.42 Å². The van der Waals surface area contributed by atoms with E-state index in [2.05, 4.69) is 227 Å². The van der Waals surface area contributed by atoms with E-state index in [-0.39, 0.29) is 10.8 Å². The van der Waals surface area contributed by atoms with Gasteiger partial charge in [0.1, 0.15) is 11.2 Å². The minimum absolute atomic E-state index is 0.0924. The van der Waals surface area contributed by atoms with Crippen LogP contribution in [-0.2, 0) is 10.8 Å². The fraction of sp³-hybridized carbons (Fsp3) is 0.100. The number of nitrogens with zero attached hydrogens (tertiary/aromatic N) is 1. The van der Waals surface area contributed by atoms with Gasteiger partial charge in [0.15, 0.2) is 0 Å². The summed E-state index contributed by atoms with van der Waals surface area (Å²) in [7, 11) is 0. The number of anilines is 3. The highest BCUT2D eigenvalue weighted by molar-refractivity contribution is 6.14. The fourth-order valence-corrected chi connectivity index (χ4v) is 10.9. The first-order valence-corrected chi connectivity index (χ1v) is 21.8. The molecule has 2 heteroatoms. The van der Waals surface area contributed by atoms with Crippen LogP contribution in [0.2, 0.25) is 0 Å². The molecule has 296 valence electrons. The van der Waals surface area contributed by atoms with Gasteiger partial charge in [-0.2, -0.15) is 0 Å². The van der Waals surface area contributed by atoms with Gasteiger partial charge in [-0.3, -0.25) is 0 Å². The first-order valence-electron chi connectivity index (χ1n) is 21.8. The van der Waals surface area contributed by atoms with Crippen LogP contribution in [0.15, 0.2) is 205 Å². The molecule has 0 fully saturated rings. The first kappa shape index (κ1) is 36.4. The quantitative estimate of drug-likeness (QED) is 0.167. The molecule has 0 saturated heterocycles. The zero-order valence-corrected chi connectivity index (χ0v) is 35.4. The molecule has 0 saturated carbocycles. The van der Waals surface area contributed by atoms with E-state index < -0.39 is 0 Å². The number of rotatable bonds is 6. The van der Waals surface area contributed by atoms with Gasteiger partial charge in [0, 0.05) is 38.4 Å². The van der Waals surface area contributed by atoms with Gasteiger partial charge in [-0.05, 0) is 109 Å². The molecule has 2 aliphatic rings. The van der Waals surface area contributed by atoms with Crippen molar-refractivity contribution >= 4 is 39.0 Å². The fourth-order valence-electron chi connectivity index (χ4n) is 10.9. The summed E-state index contributed by atoms with van der Waals surface area (Å²) in [6.45, 7) is 9.44. The third kappa shape index (κ3) is 5.29. The summed E-state index contributed by atoms with van der Waals surface area (Å²) >= 11 is 0. The highest BCUT2D eigenvalue weighted by Gasteiger charge is 2.38. The zero-order valence-electron chi connectivity index (χ0n) is 35.4.